The molecule has 0 aliphatic rings. The third-order valence-corrected chi connectivity index (χ3v) is 3.60. The van der Waals surface area contributed by atoms with Gasteiger partial charge in [-0.15, -0.1) is 0 Å². The van der Waals surface area contributed by atoms with Gasteiger partial charge in [0.05, 0.1) is 0 Å². The second kappa shape index (κ2) is 8.53. The monoisotopic (exact) mass is 331 g/mol. The van der Waals surface area contributed by atoms with Crippen molar-refractivity contribution in [1.29, 1.82) is 0 Å². The van der Waals surface area contributed by atoms with Crippen molar-refractivity contribution in [3.63, 3.8) is 0 Å². The minimum absolute atomic E-state index is 0.0246. The highest BCUT2D eigenvalue weighted by molar-refractivity contribution is 6.30. The van der Waals surface area contributed by atoms with Gasteiger partial charge in [-0.1, -0.05) is 31.5 Å². The highest BCUT2D eigenvalue weighted by atomic mass is 35.5. The molecular weight excluding hydrogens is 310 g/mol. The fourth-order valence-electron chi connectivity index (χ4n) is 2.37. The summed E-state index contributed by atoms with van der Waals surface area (Å²) in [4.78, 5) is 18.7. The molecule has 0 saturated carbocycles. The number of carbonyl (C=O) groups is 1. The van der Waals surface area contributed by atoms with Gasteiger partial charge in [-0.05, 0) is 43.2 Å². The summed E-state index contributed by atoms with van der Waals surface area (Å²) >= 11 is 5.99. The highest BCUT2D eigenvalue weighted by Gasteiger charge is 2.15. The second-order valence-electron chi connectivity index (χ2n) is 5.36. The van der Waals surface area contributed by atoms with Crippen molar-refractivity contribution in [3.8, 4) is 0 Å². The van der Waals surface area contributed by atoms with Gasteiger partial charge in [0.15, 0.2) is 0 Å². The first-order chi connectivity index (χ1) is 11.1. The summed E-state index contributed by atoms with van der Waals surface area (Å²) in [6.45, 7) is 5.64. The first-order valence-electron chi connectivity index (χ1n) is 7.92. The molecule has 122 valence electrons. The summed E-state index contributed by atoms with van der Waals surface area (Å²) in [5.74, 6) is -0.0246. The van der Waals surface area contributed by atoms with Crippen LogP contribution in [0.25, 0.3) is 0 Å². The number of rotatable bonds is 7. The SMILES string of the molecule is CCCN(CCC)C(=O)c1cc(Nc2cccc(Cl)c2)ccn1. The molecule has 2 aromatic rings. The molecule has 0 unspecified atom stereocenters. The average molecular weight is 332 g/mol. The topological polar surface area (TPSA) is 45.2 Å². The maximum atomic E-state index is 12.6. The van der Waals surface area contributed by atoms with Crippen LogP contribution in [-0.2, 0) is 0 Å². The van der Waals surface area contributed by atoms with Crippen LogP contribution in [-0.4, -0.2) is 28.9 Å². The second-order valence-corrected chi connectivity index (χ2v) is 5.79. The van der Waals surface area contributed by atoms with Crippen LogP contribution in [0.5, 0.6) is 0 Å². The lowest BCUT2D eigenvalue weighted by Gasteiger charge is -2.21. The van der Waals surface area contributed by atoms with Crippen LogP contribution in [0.2, 0.25) is 5.02 Å². The Morgan fingerprint density at radius 2 is 1.83 bits per heavy atom. The number of nitrogens with zero attached hydrogens (tertiary/aromatic N) is 2. The summed E-state index contributed by atoms with van der Waals surface area (Å²) in [5, 5.41) is 3.91. The Balaban J connectivity index is 2.16. The number of nitrogens with one attached hydrogen (secondary N) is 1. The van der Waals surface area contributed by atoms with Crippen LogP contribution in [0.1, 0.15) is 37.2 Å². The van der Waals surface area contributed by atoms with E-state index in [1.807, 2.05) is 35.2 Å². The molecule has 4 nitrogen and oxygen atoms in total. The Hall–Kier alpha value is -2.07. The Bertz CT molecular complexity index is 654. The number of pyridine rings is 1. The van der Waals surface area contributed by atoms with Crippen molar-refractivity contribution in [3.05, 3.63) is 53.3 Å². The van der Waals surface area contributed by atoms with E-state index in [2.05, 4.69) is 24.1 Å². The smallest absolute Gasteiger partial charge is 0.272 e. The molecule has 0 bridgehead atoms. The van der Waals surface area contributed by atoms with Crippen molar-refractivity contribution in [2.75, 3.05) is 18.4 Å². The normalized spacial score (nSPS) is 10.4. The number of benzene rings is 1. The van der Waals surface area contributed by atoms with Crippen molar-refractivity contribution in [1.82, 2.24) is 9.88 Å². The van der Waals surface area contributed by atoms with Crippen LogP contribution >= 0.6 is 11.6 Å². The minimum atomic E-state index is -0.0246. The molecule has 0 radical (unpaired) electrons. The standard InChI is InChI=1S/C18H22ClN3O/c1-3-10-22(11-4-2)18(23)17-13-16(8-9-20-17)21-15-7-5-6-14(19)12-15/h5-9,12-13H,3-4,10-11H2,1-2H3,(H,20,21). The summed E-state index contributed by atoms with van der Waals surface area (Å²) in [6, 6.07) is 11.1. The lowest BCUT2D eigenvalue weighted by atomic mass is 10.2. The number of carbonyl (C=O) groups excluding carboxylic acids is 1. The van der Waals surface area contributed by atoms with Crippen molar-refractivity contribution >= 4 is 28.9 Å². The lowest BCUT2D eigenvalue weighted by molar-refractivity contribution is 0.0750. The molecule has 0 fully saturated rings. The molecule has 0 atom stereocenters. The van der Waals surface area contributed by atoms with Crippen LogP contribution in [0.4, 0.5) is 11.4 Å². The largest absolute Gasteiger partial charge is 0.355 e. The van der Waals surface area contributed by atoms with E-state index in [1.165, 1.54) is 0 Å². The first kappa shape index (κ1) is 17.3. The molecule has 1 aromatic carbocycles. The van der Waals surface area contributed by atoms with Gasteiger partial charge in [0.2, 0.25) is 0 Å². The maximum absolute atomic E-state index is 12.6. The summed E-state index contributed by atoms with van der Waals surface area (Å²) < 4.78 is 0. The zero-order valence-electron chi connectivity index (χ0n) is 13.6. The minimum Gasteiger partial charge on any atom is -0.355 e. The van der Waals surface area contributed by atoms with Gasteiger partial charge in [0.25, 0.3) is 5.91 Å². The molecule has 0 aliphatic carbocycles. The van der Waals surface area contributed by atoms with Crippen LogP contribution in [0.3, 0.4) is 0 Å². The molecule has 1 aromatic heterocycles. The van der Waals surface area contributed by atoms with Crippen LogP contribution in [0, 0.1) is 0 Å². The van der Waals surface area contributed by atoms with Gasteiger partial charge in [0.1, 0.15) is 5.69 Å². The number of amides is 1. The molecule has 0 aliphatic heterocycles. The van der Waals surface area contributed by atoms with Crippen molar-refractivity contribution in [2.24, 2.45) is 0 Å². The van der Waals surface area contributed by atoms with Crippen molar-refractivity contribution in [2.45, 2.75) is 26.7 Å². The van der Waals surface area contributed by atoms with E-state index >= 15 is 0 Å². The van der Waals surface area contributed by atoms with Gasteiger partial charge in [-0.25, -0.2) is 0 Å². The number of halogens is 1. The molecular formula is C18H22ClN3O. The van der Waals surface area contributed by atoms with E-state index in [-0.39, 0.29) is 5.91 Å². The molecule has 1 amide bonds. The summed E-state index contributed by atoms with van der Waals surface area (Å²) in [7, 11) is 0. The van der Waals surface area contributed by atoms with Gasteiger partial charge in [-0.3, -0.25) is 9.78 Å². The van der Waals surface area contributed by atoms with Gasteiger partial charge in [-0.2, -0.15) is 0 Å². The van der Waals surface area contributed by atoms with E-state index < -0.39 is 0 Å². The Morgan fingerprint density at radius 1 is 1.13 bits per heavy atom. The van der Waals surface area contributed by atoms with E-state index in [4.69, 9.17) is 11.6 Å². The van der Waals surface area contributed by atoms with E-state index in [9.17, 15) is 4.79 Å². The zero-order chi connectivity index (χ0) is 16.7. The number of aromatic nitrogens is 1. The van der Waals surface area contributed by atoms with Gasteiger partial charge in [0, 0.05) is 35.7 Å². The average Bonchev–Trinajstić information content (AvgIpc) is 2.54. The van der Waals surface area contributed by atoms with Gasteiger partial charge < -0.3 is 10.2 Å². The molecule has 0 saturated heterocycles. The molecule has 1 heterocycles. The van der Waals surface area contributed by atoms with Crippen molar-refractivity contribution < 1.29 is 4.79 Å². The third kappa shape index (κ3) is 4.96. The first-order valence-corrected chi connectivity index (χ1v) is 8.29. The lowest BCUT2D eigenvalue weighted by Crippen LogP contribution is -2.33. The predicted octanol–water partition coefficient (Wildman–Crippen LogP) is 4.74. The molecule has 0 spiro atoms. The Morgan fingerprint density at radius 3 is 2.48 bits per heavy atom. The number of anilines is 2. The molecule has 23 heavy (non-hydrogen) atoms. The molecule has 1 N–H and O–H groups in total. The molecule has 2 rings (SSSR count). The van der Waals surface area contributed by atoms with Crippen LogP contribution in [0.15, 0.2) is 42.6 Å². The third-order valence-electron chi connectivity index (χ3n) is 3.37. The number of hydrogen-bond acceptors (Lipinski definition) is 3. The fourth-order valence-corrected chi connectivity index (χ4v) is 2.57. The zero-order valence-corrected chi connectivity index (χ0v) is 14.3. The fraction of sp³-hybridized carbons (Fsp3) is 0.333. The summed E-state index contributed by atoms with van der Waals surface area (Å²) in [5.41, 5.74) is 2.15. The Labute approximate surface area is 142 Å². The summed E-state index contributed by atoms with van der Waals surface area (Å²) in [6.07, 6.45) is 3.52. The Kier molecular flexibility index (Phi) is 6.41. The van der Waals surface area contributed by atoms with E-state index in [0.717, 1.165) is 37.3 Å². The van der Waals surface area contributed by atoms with Crippen LogP contribution < -0.4 is 5.32 Å². The number of hydrogen-bond donors (Lipinski definition) is 1. The quantitative estimate of drug-likeness (QED) is 0.797. The van der Waals surface area contributed by atoms with Gasteiger partial charge >= 0.3 is 0 Å². The molecule has 5 heteroatoms. The predicted molar refractivity (Wildman–Crippen MR) is 95.5 cm³/mol. The van der Waals surface area contributed by atoms with E-state index in [1.54, 1.807) is 12.3 Å². The maximum Gasteiger partial charge on any atom is 0.272 e. The van der Waals surface area contributed by atoms with E-state index in [0.29, 0.717) is 10.7 Å². The highest BCUT2D eigenvalue weighted by Crippen LogP contribution is 2.20.